The highest BCUT2D eigenvalue weighted by atomic mass is 16.6. The van der Waals surface area contributed by atoms with Gasteiger partial charge in [-0.1, -0.05) is 62.9 Å². The van der Waals surface area contributed by atoms with E-state index in [-0.39, 0.29) is 25.0 Å². The molecule has 3 amide bonds. The van der Waals surface area contributed by atoms with Crippen molar-refractivity contribution in [2.75, 3.05) is 19.7 Å². The molecule has 2 unspecified atom stereocenters. The maximum atomic E-state index is 13.8. The lowest BCUT2D eigenvalue weighted by Gasteiger charge is -2.35. The molecule has 0 heterocycles. The number of alkyl carbamates (subject to hydrolysis) is 1. The van der Waals surface area contributed by atoms with E-state index in [2.05, 4.69) is 17.6 Å². The van der Waals surface area contributed by atoms with Crippen molar-refractivity contribution in [3.05, 3.63) is 34.9 Å². The molecule has 1 aromatic carbocycles. The highest BCUT2D eigenvalue weighted by molar-refractivity contribution is 5.92. The second kappa shape index (κ2) is 14.1. The minimum absolute atomic E-state index is 0.0575. The summed E-state index contributed by atoms with van der Waals surface area (Å²) in [6.45, 7) is 14.9. The van der Waals surface area contributed by atoms with Gasteiger partial charge in [0, 0.05) is 13.1 Å². The van der Waals surface area contributed by atoms with E-state index in [4.69, 9.17) is 4.74 Å². The Kier molecular flexibility index (Phi) is 12.2. The molecule has 0 aliphatic rings. The summed E-state index contributed by atoms with van der Waals surface area (Å²) >= 11 is 0. The van der Waals surface area contributed by atoms with Crippen molar-refractivity contribution >= 4 is 17.9 Å². The Bertz CT molecular complexity index is 827. The van der Waals surface area contributed by atoms with E-state index < -0.39 is 29.7 Å². The summed E-state index contributed by atoms with van der Waals surface area (Å²) < 4.78 is 5.36. The van der Waals surface area contributed by atoms with Crippen molar-refractivity contribution in [3.63, 3.8) is 0 Å². The number of nitrogens with zero attached hydrogens (tertiary/aromatic N) is 1. The molecule has 0 spiro atoms. The number of unbranched alkanes of at least 4 members (excludes halogenated alkanes) is 2. The molecule has 1 rings (SSSR count). The van der Waals surface area contributed by atoms with Crippen LogP contribution < -0.4 is 10.6 Å². The molecule has 0 radical (unpaired) electrons. The van der Waals surface area contributed by atoms with Crippen molar-refractivity contribution in [3.8, 4) is 0 Å². The molecule has 0 aromatic heterocycles. The fraction of sp³-hybridized carbons (Fsp3) is 0.667. The van der Waals surface area contributed by atoms with E-state index in [9.17, 15) is 19.5 Å². The third kappa shape index (κ3) is 10.3. The highest BCUT2D eigenvalue weighted by Crippen LogP contribution is 2.26. The number of benzene rings is 1. The second-order valence-corrected chi connectivity index (χ2v) is 10.4. The first-order valence-electron chi connectivity index (χ1n) is 12.6. The van der Waals surface area contributed by atoms with Crippen LogP contribution in [0, 0.1) is 19.8 Å². The number of amides is 3. The quantitative estimate of drug-likeness (QED) is 0.383. The topological polar surface area (TPSA) is 108 Å². The number of hydrogen-bond donors (Lipinski definition) is 3. The van der Waals surface area contributed by atoms with Crippen LogP contribution in [-0.4, -0.2) is 59.3 Å². The molecule has 0 saturated carbocycles. The second-order valence-electron chi connectivity index (χ2n) is 10.4. The number of ether oxygens (including phenoxy) is 1. The molecule has 0 saturated heterocycles. The van der Waals surface area contributed by atoms with Crippen LogP contribution in [0.15, 0.2) is 18.2 Å². The van der Waals surface area contributed by atoms with Gasteiger partial charge in [0.15, 0.2) is 0 Å². The van der Waals surface area contributed by atoms with Gasteiger partial charge >= 0.3 is 6.09 Å². The molecule has 2 atom stereocenters. The third-order valence-electron chi connectivity index (χ3n) is 5.43. The van der Waals surface area contributed by atoms with Crippen molar-refractivity contribution in [2.45, 2.75) is 92.3 Å². The standard InChI is InChI=1S/C27H45N3O5/c1-9-10-11-12-28-24(32)23(21-16-19(4)15-20(5)17-21)30(13-14-31)25(33)22(18(2)3)29-26(34)35-27(6,7)8/h15-18,22-23,31H,9-14H2,1-8H3,(H,28,32)(H,29,34). The molecule has 8 heteroatoms. The smallest absolute Gasteiger partial charge is 0.408 e. The first kappa shape index (κ1) is 30.4. The predicted molar refractivity (Wildman–Crippen MR) is 138 cm³/mol. The van der Waals surface area contributed by atoms with Gasteiger partial charge in [0.1, 0.15) is 17.7 Å². The van der Waals surface area contributed by atoms with E-state index in [0.717, 1.165) is 30.4 Å². The number of carbonyl (C=O) groups is 3. The maximum absolute atomic E-state index is 13.8. The first-order chi connectivity index (χ1) is 16.3. The van der Waals surface area contributed by atoms with Crippen molar-refractivity contribution < 1.29 is 24.2 Å². The van der Waals surface area contributed by atoms with Gasteiger partial charge in [-0.25, -0.2) is 4.79 Å². The number of nitrogens with one attached hydrogen (secondary N) is 2. The average molecular weight is 492 g/mol. The van der Waals surface area contributed by atoms with Gasteiger partial charge in [-0.2, -0.15) is 0 Å². The molecule has 198 valence electrons. The average Bonchev–Trinajstić information content (AvgIpc) is 2.72. The molecule has 0 aliphatic carbocycles. The van der Waals surface area contributed by atoms with Crippen LogP contribution in [0.5, 0.6) is 0 Å². The van der Waals surface area contributed by atoms with E-state index >= 15 is 0 Å². The molecule has 0 fully saturated rings. The largest absolute Gasteiger partial charge is 0.444 e. The van der Waals surface area contributed by atoms with Gasteiger partial charge in [-0.15, -0.1) is 0 Å². The maximum Gasteiger partial charge on any atom is 0.408 e. The van der Waals surface area contributed by atoms with Gasteiger partial charge in [-0.05, 0) is 52.5 Å². The van der Waals surface area contributed by atoms with Crippen LogP contribution in [0.25, 0.3) is 0 Å². The Balaban J connectivity index is 3.39. The summed E-state index contributed by atoms with van der Waals surface area (Å²) in [6, 6.07) is 3.88. The van der Waals surface area contributed by atoms with Gasteiger partial charge in [-0.3, -0.25) is 9.59 Å². The molecule has 35 heavy (non-hydrogen) atoms. The summed E-state index contributed by atoms with van der Waals surface area (Å²) in [5.74, 6) is -1.04. The number of aryl methyl sites for hydroxylation is 2. The molecule has 0 aliphatic heterocycles. The van der Waals surface area contributed by atoms with E-state index in [1.54, 1.807) is 20.8 Å². The molecule has 1 aromatic rings. The monoisotopic (exact) mass is 491 g/mol. The SMILES string of the molecule is CCCCCNC(=O)C(c1cc(C)cc(C)c1)N(CCO)C(=O)C(NC(=O)OC(C)(C)C)C(C)C. The fourth-order valence-electron chi connectivity index (χ4n) is 3.92. The van der Waals surface area contributed by atoms with Crippen molar-refractivity contribution in [2.24, 2.45) is 5.92 Å². The van der Waals surface area contributed by atoms with E-state index in [1.165, 1.54) is 4.90 Å². The van der Waals surface area contributed by atoms with Gasteiger partial charge in [0.05, 0.1) is 6.61 Å². The van der Waals surface area contributed by atoms with Crippen LogP contribution in [0.1, 0.15) is 83.5 Å². The summed E-state index contributed by atoms with van der Waals surface area (Å²) in [6.07, 6.45) is 2.14. The lowest BCUT2D eigenvalue weighted by molar-refractivity contribution is -0.143. The normalized spacial score (nSPS) is 13.2. The Labute approximate surface area is 210 Å². The van der Waals surface area contributed by atoms with Gasteiger partial charge in [0.25, 0.3) is 0 Å². The number of aliphatic hydroxyl groups excluding tert-OH is 1. The number of rotatable bonds is 12. The number of hydrogen-bond acceptors (Lipinski definition) is 5. The molecular formula is C27H45N3O5. The zero-order chi connectivity index (χ0) is 26.8. The summed E-state index contributed by atoms with van der Waals surface area (Å²) in [4.78, 5) is 41.1. The molecule has 8 nitrogen and oxygen atoms in total. The Morgan fingerprint density at radius 3 is 2.14 bits per heavy atom. The minimum atomic E-state index is -0.948. The molecule has 3 N–H and O–H groups in total. The van der Waals surface area contributed by atoms with E-state index in [1.807, 2.05) is 45.9 Å². The number of carbonyl (C=O) groups excluding carboxylic acids is 3. The van der Waals surface area contributed by atoms with Crippen LogP contribution in [-0.2, 0) is 14.3 Å². The van der Waals surface area contributed by atoms with Crippen LogP contribution in [0.3, 0.4) is 0 Å². The number of aliphatic hydroxyl groups is 1. The van der Waals surface area contributed by atoms with Crippen LogP contribution >= 0.6 is 0 Å². The summed E-state index contributed by atoms with van der Waals surface area (Å²) in [7, 11) is 0. The summed E-state index contributed by atoms with van der Waals surface area (Å²) in [5.41, 5.74) is 1.87. The van der Waals surface area contributed by atoms with Crippen molar-refractivity contribution in [1.29, 1.82) is 0 Å². The molecular weight excluding hydrogens is 446 g/mol. The predicted octanol–water partition coefficient (Wildman–Crippen LogP) is 4.02. The zero-order valence-electron chi connectivity index (χ0n) is 22.7. The fourth-order valence-corrected chi connectivity index (χ4v) is 3.92. The van der Waals surface area contributed by atoms with Gasteiger partial charge < -0.3 is 25.4 Å². The molecule has 0 bridgehead atoms. The highest BCUT2D eigenvalue weighted by Gasteiger charge is 2.37. The van der Waals surface area contributed by atoms with Crippen LogP contribution in [0.2, 0.25) is 0 Å². The van der Waals surface area contributed by atoms with Gasteiger partial charge in [0.2, 0.25) is 11.8 Å². The minimum Gasteiger partial charge on any atom is -0.444 e. The van der Waals surface area contributed by atoms with Crippen LogP contribution in [0.4, 0.5) is 4.79 Å². The zero-order valence-corrected chi connectivity index (χ0v) is 22.7. The Morgan fingerprint density at radius 2 is 1.66 bits per heavy atom. The summed E-state index contributed by atoms with van der Waals surface area (Å²) in [5, 5.41) is 15.5. The Morgan fingerprint density at radius 1 is 1.06 bits per heavy atom. The van der Waals surface area contributed by atoms with Crippen molar-refractivity contribution in [1.82, 2.24) is 15.5 Å². The first-order valence-corrected chi connectivity index (χ1v) is 12.6. The third-order valence-corrected chi connectivity index (χ3v) is 5.43. The van der Waals surface area contributed by atoms with E-state index in [0.29, 0.717) is 12.1 Å². The lowest BCUT2D eigenvalue weighted by atomic mass is 9.96. The lowest BCUT2D eigenvalue weighted by Crippen LogP contribution is -2.55. The Hall–Kier alpha value is -2.61.